The Morgan fingerprint density at radius 3 is 2.32 bits per heavy atom. The first-order valence-corrected chi connectivity index (χ1v) is 5.43. The fourth-order valence-corrected chi connectivity index (χ4v) is 1.43. The minimum absolute atomic E-state index is 0.282. The fraction of sp³-hybridized carbons (Fsp3) is 0.154. The maximum absolute atomic E-state index is 12.4. The molecule has 1 aromatic heterocycles. The van der Waals surface area contributed by atoms with Crippen LogP contribution in [0.1, 0.15) is 11.1 Å². The molecule has 2 rings (SSSR count). The van der Waals surface area contributed by atoms with Gasteiger partial charge in [0.25, 0.3) is 0 Å². The molecule has 0 aliphatic carbocycles. The number of nitrogen functional groups attached to an aromatic ring is 1. The molecule has 0 aliphatic rings. The second-order valence-electron chi connectivity index (χ2n) is 4.00. The number of benzene rings is 1. The number of aryl methyl sites for hydroxylation is 1. The first-order chi connectivity index (χ1) is 8.86. The van der Waals surface area contributed by atoms with Crippen LogP contribution in [0.3, 0.4) is 0 Å². The zero-order valence-electron chi connectivity index (χ0n) is 10.0. The molecule has 0 bridgehead atoms. The lowest BCUT2D eigenvalue weighted by molar-refractivity contribution is -0.137. The molecule has 0 atom stereocenters. The van der Waals surface area contributed by atoms with E-state index in [0.29, 0.717) is 5.69 Å². The molecule has 0 saturated carbocycles. The number of hydrogen-bond acceptors (Lipinski definition) is 3. The van der Waals surface area contributed by atoms with E-state index >= 15 is 0 Å². The van der Waals surface area contributed by atoms with Crippen molar-refractivity contribution in [3.63, 3.8) is 0 Å². The van der Waals surface area contributed by atoms with Gasteiger partial charge in [-0.2, -0.15) is 13.2 Å². The van der Waals surface area contributed by atoms with Crippen molar-refractivity contribution in [2.24, 2.45) is 0 Å². The van der Waals surface area contributed by atoms with Crippen molar-refractivity contribution >= 4 is 5.69 Å². The summed E-state index contributed by atoms with van der Waals surface area (Å²) in [6, 6.07) is 6.03. The number of nitrogens with zero attached hydrogens (tertiary/aromatic N) is 1. The summed E-state index contributed by atoms with van der Waals surface area (Å²) < 4.78 is 42.5. The van der Waals surface area contributed by atoms with Gasteiger partial charge in [0.15, 0.2) is 0 Å². The highest BCUT2D eigenvalue weighted by atomic mass is 19.4. The van der Waals surface area contributed by atoms with Crippen LogP contribution in [-0.2, 0) is 6.18 Å². The molecule has 2 aromatic rings. The van der Waals surface area contributed by atoms with E-state index < -0.39 is 11.7 Å². The summed E-state index contributed by atoms with van der Waals surface area (Å²) in [4.78, 5) is 3.94. The Hall–Kier alpha value is -2.24. The maximum Gasteiger partial charge on any atom is 0.416 e. The maximum atomic E-state index is 12.4. The average molecular weight is 268 g/mol. The van der Waals surface area contributed by atoms with Crippen LogP contribution in [0.25, 0.3) is 0 Å². The van der Waals surface area contributed by atoms with Gasteiger partial charge in [-0.15, -0.1) is 0 Å². The van der Waals surface area contributed by atoms with Crippen molar-refractivity contribution in [3.8, 4) is 11.6 Å². The van der Waals surface area contributed by atoms with Crippen molar-refractivity contribution in [2.45, 2.75) is 13.1 Å². The normalized spacial score (nSPS) is 11.4. The fourth-order valence-electron chi connectivity index (χ4n) is 1.43. The van der Waals surface area contributed by atoms with E-state index in [2.05, 4.69) is 4.98 Å². The molecule has 3 nitrogen and oxygen atoms in total. The van der Waals surface area contributed by atoms with Gasteiger partial charge in [-0.1, -0.05) is 0 Å². The third-order valence-corrected chi connectivity index (χ3v) is 2.53. The molecule has 0 fully saturated rings. The van der Waals surface area contributed by atoms with E-state index in [0.717, 1.165) is 17.7 Å². The van der Waals surface area contributed by atoms with Crippen molar-refractivity contribution in [2.75, 3.05) is 5.73 Å². The van der Waals surface area contributed by atoms with Gasteiger partial charge in [-0.05, 0) is 36.8 Å². The first kappa shape index (κ1) is 13.2. The zero-order chi connectivity index (χ0) is 14.0. The zero-order valence-corrected chi connectivity index (χ0v) is 10.0. The van der Waals surface area contributed by atoms with Crippen LogP contribution in [0, 0.1) is 6.92 Å². The Bertz CT molecular complexity index is 579. The number of ether oxygens (including phenoxy) is 1. The van der Waals surface area contributed by atoms with Gasteiger partial charge >= 0.3 is 6.18 Å². The van der Waals surface area contributed by atoms with E-state index in [9.17, 15) is 13.2 Å². The molecule has 100 valence electrons. The van der Waals surface area contributed by atoms with Crippen LogP contribution in [0.5, 0.6) is 11.6 Å². The molecule has 2 N–H and O–H groups in total. The van der Waals surface area contributed by atoms with E-state index in [-0.39, 0.29) is 11.6 Å². The number of hydrogen-bond donors (Lipinski definition) is 1. The van der Waals surface area contributed by atoms with Crippen LogP contribution in [0.15, 0.2) is 36.5 Å². The lowest BCUT2D eigenvalue weighted by atomic mass is 10.2. The van der Waals surface area contributed by atoms with Crippen molar-refractivity contribution in [3.05, 3.63) is 47.7 Å². The largest absolute Gasteiger partial charge is 0.439 e. The van der Waals surface area contributed by atoms with Gasteiger partial charge in [0, 0.05) is 6.07 Å². The highest BCUT2D eigenvalue weighted by Gasteiger charge is 2.30. The minimum atomic E-state index is -4.35. The Kier molecular flexibility index (Phi) is 3.33. The SMILES string of the molecule is Cc1cc(Oc2ccc(C(F)(F)F)cc2)ncc1N. The van der Waals surface area contributed by atoms with E-state index in [1.807, 2.05) is 0 Å². The van der Waals surface area contributed by atoms with Gasteiger partial charge in [0.1, 0.15) is 5.75 Å². The van der Waals surface area contributed by atoms with E-state index in [1.54, 1.807) is 13.0 Å². The van der Waals surface area contributed by atoms with Crippen LogP contribution in [0.4, 0.5) is 18.9 Å². The van der Waals surface area contributed by atoms with Gasteiger partial charge in [-0.3, -0.25) is 0 Å². The third kappa shape index (κ3) is 3.15. The Morgan fingerprint density at radius 1 is 1.16 bits per heavy atom. The van der Waals surface area contributed by atoms with Gasteiger partial charge in [0.05, 0.1) is 17.4 Å². The summed E-state index contributed by atoms with van der Waals surface area (Å²) in [6.07, 6.45) is -2.91. The highest BCUT2D eigenvalue weighted by Crippen LogP contribution is 2.31. The number of pyridine rings is 1. The van der Waals surface area contributed by atoms with E-state index in [4.69, 9.17) is 10.5 Å². The molecule has 0 saturated heterocycles. The van der Waals surface area contributed by atoms with Crippen molar-refractivity contribution in [1.82, 2.24) is 4.98 Å². The van der Waals surface area contributed by atoms with Gasteiger partial charge in [-0.25, -0.2) is 4.98 Å². The number of aromatic nitrogens is 1. The Morgan fingerprint density at radius 2 is 1.79 bits per heavy atom. The molecule has 0 spiro atoms. The predicted molar refractivity (Wildman–Crippen MR) is 64.9 cm³/mol. The Balaban J connectivity index is 2.17. The molecule has 19 heavy (non-hydrogen) atoms. The third-order valence-electron chi connectivity index (χ3n) is 2.53. The highest BCUT2D eigenvalue weighted by molar-refractivity contribution is 5.46. The number of anilines is 1. The molecule has 6 heteroatoms. The minimum Gasteiger partial charge on any atom is -0.439 e. The van der Waals surface area contributed by atoms with Crippen LogP contribution in [-0.4, -0.2) is 4.98 Å². The monoisotopic (exact) mass is 268 g/mol. The quantitative estimate of drug-likeness (QED) is 0.901. The predicted octanol–water partition coefficient (Wildman–Crippen LogP) is 3.78. The average Bonchev–Trinajstić information content (AvgIpc) is 2.33. The van der Waals surface area contributed by atoms with Crippen molar-refractivity contribution in [1.29, 1.82) is 0 Å². The summed E-state index contributed by atoms with van der Waals surface area (Å²) >= 11 is 0. The lowest BCUT2D eigenvalue weighted by Gasteiger charge is -2.09. The first-order valence-electron chi connectivity index (χ1n) is 5.43. The van der Waals surface area contributed by atoms with Crippen molar-refractivity contribution < 1.29 is 17.9 Å². The Labute approximate surface area is 107 Å². The number of nitrogens with two attached hydrogens (primary N) is 1. The van der Waals surface area contributed by atoms with Gasteiger partial charge < -0.3 is 10.5 Å². The molecule has 1 heterocycles. The second kappa shape index (κ2) is 4.79. The summed E-state index contributed by atoms with van der Waals surface area (Å²) in [5, 5.41) is 0. The summed E-state index contributed by atoms with van der Waals surface area (Å²) in [7, 11) is 0. The summed E-state index contributed by atoms with van der Waals surface area (Å²) in [5.74, 6) is 0.566. The number of alkyl halides is 3. The van der Waals surface area contributed by atoms with Gasteiger partial charge in [0.2, 0.25) is 5.88 Å². The molecular weight excluding hydrogens is 257 g/mol. The number of rotatable bonds is 2. The lowest BCUT2D eigenvalue weighted by Crippen LogP contribution is -2.04. The van der Waals surface area contributed by atoms with Crippen LogP contribution < -0.4 is 10.5 Å². The smallest absolute Gasteiger partial charge is 0.416 e. The molecule has 0 amide bonds. The molecule has 0 aliphatic heterocycles. The molecule has 0 radical (unpaired) electrons. The summed E-state index contributed by atoms with van der Waals surface area (Å²) in [5.41, 5.74) is 6.20. The number of halogens is 3. The van der Waals surface area contributed by atoms with Crippen LogP contribution in [0.2, 0.25) is 0 Å². The molecular formula is C13H11F3N2O. The van der Waals surface area contributed by atoms with Crippen LogP contribution >= 0.6 is 0 Å². The van der Waals surface area contributed by atoms with E-state index in [1.165, 1.54) is 18.3 Å². The summed E-state index contributed by atoms with van der Waals surface area (Å²) in [6.45, 7) is 1.79. The second-order valence-corrected chi connectivity index (χ2v) is 4.00. The molecule has 1 aromatic carbocycles. The standard InChI is InChI=1S/C13H11F3N2O/c1-8-6-12(18-7-11(8)17)19-10-4-2-9(3-5-10)13(14,15)16/h2-7H,17H2,1H3. The molecule has 0 unspecified atom stereocenters. The topological polar surface area (TPSA) is 48.1 Å².